The van der Waals surface area contributed by atoms with Crippen LogP contribution in [0.4, 0.5) is 0 Å². The smallest absolute Gasteiger partial charge is 0.120 e. The van der Waals surface area contributed by atoms with Crippen molar-refractivity contribution in [2.45, 2.75) is 42.8 Å². The number of fused-ring (bicyclic) bond motifs is 1. The third-order valence-corrected chi connectivity index (χ3v) is 4.18. The third-order valence-electron chi connectivity index (χ3n) is 2.97. The fourth-order valence-corrected chi connectivity index (χ4v) is 3.37. The number of carbonyl (C=O) groups is 1. The topological polar surface area (TPSA) is 17.1 Å². The second-order valence-corrected chi connectivity index (χ2v) is 5.74. The molecule has 1 nitrogen and oxygen atoms in total. The molecule has 0 fully saturated rings. The molecule has 0 spiro atoms. The number of benzene rings is 1. The first-order valence-corrected chi connectivity index (χ1v) is 6.32. The van der Waals surface area contributed by atoms with Gasteiger partial charge >= 0.3 is 0 Å². The van der Waals surface area contributed by atoms with Gasteiger partial charge in [-0.1, -0.05) is 26.0 Å². The maximum atomic E-state index is 10.5. The molecule has 1 aliphatic heterocycles. The Bertz CT molecular complexity index is 373. The van der Waals surface area contributed by atoms with Crippen molar-refractivity contribution >= 4 is 18.0 Å². The fraction of sp³-hybridized carbons (Fsp3) is 0.462. The molecular formula is C13H16OS. The van der Waals surface area contributed by atoms with Crippen molar-refractivity contribution in [1.29, 1.82) is 0 Å². The van der Waals surface area contributed by atoms with E-state index in [-0.39, 0.29) is 0 Å². The van der Waals surface area contributed by atoms with E-state index >= 15 is 0 Å². The van der Waals surface area contributed by atoms with Crippen LogP contribution in [0.25, 0.3) is 0 Å². The van der Waals surface area contributed by atoms with Crippen LogP contribution >= 0.6 is 11.8 Å². The Kier molecular flexibility index (Phi) is 3.15. The summed E-state index contributed by atoms with van der Waals surface area (Å²) >= 11 is 1.95. The maximum Gasteiger partial charge on any atom is 0.120 e. The minimum Gasteiger partial charge on any atom is -0.303 e. The van der Waals surface area contributed by atoms with Gasteiger partial charge in [-0.2, -0.15) is 0 Å². The molecule has 2 atom stereocenters. The number of thioether (sulfide) groups is 1. The van der Waals surface area contributed by atoms with Gasteiger partial charge in [0.2, 0.25) is 0 Å². The Morgan fingerprint density at radius 2 is 2.40 bits per heavy atom. The predicted molar refractivity (Wildman–Crippen MR) is 64.6 cm³/mol. The second-order valence-electron chi connectivity index (χ2n) is 4.26. The van der Waals surface area contributed by atoms with E-state index in [0.717, 1.165) is 12.7 Å². The number of hydrogen-bond donors (Lipinski definition) is 0. The molecular weight excluding hydrogens is 204 g/mol. The first-order valence-electron chi connectivity index (χ1n) is 5.44. The van der Waals surface area contributed by atoms with Gasteiger partial charge in [-0.05, 0) is 29.5 Å². The van der Waals surface area contributed by atoms with Gasteiger partial charge in [0.15, 0.2) is 0 Å². The van der Waals surface area contributed by atoms with Crippen LogP contribution in [0.1, 0.15) is 37.3 Å². The van der Waals surface area contributed by atoms with Crippen LogP contribution in [0.15, 0.2) is 23.1 Å². The molecule has 1 aromatic rings. The molecule has 1 aromatic carbocycles. The lowest BCUT2D eigenvalue weighted by Crippen LogP contribution is -2.01. The Labute approximate surface area is 95.3 Å². The maximum absolute atomic E-state index is 10.5. The molecule has 15 heavy (non-hydrogen) atoms. The summed E-state index contributed by atoms with van der Waals surface area (Å²) in [6, 6.07) is 6.48. The fourth-order valence-electron chi connectivity index (χ4n) is 2.19. The zero-order valence-electron chi connectivity index (χ0n) is 9.19. The molecule has 0 saturated carbocycles. The van der Waals surface area contributed by atoms with E-state index in [9.17, 15) is 4.79 Å². The Balaban J connectivity index is 2.33. The molecule has 0 aliphatic carbocycles. The standard InChI is InChI=1S/C13H16OS/c1-9(6-7-14)11-4-3-5-13-12(11)8-10(2)15-13/h3-5,7,9-10H,6,8H2,1-2H3. The summed E-state index contributed by atoms with van der Waals surface area (Å²) in [6.45, 7) is 4.40. The number of aldehydes is 1. The van der Waals surface area contributed by atoms with Gasteiger partial charge in [0.05, 0.1) is 0 Å². The minimum atomic E-state index is 0.364. The van der Waals surface area contributed by atoms with Crippen molar-refractivity contribution in [3.05, 3.63) is 29.3 Å². The van der Waals surface area contributed by atoms with Gasteiger partial charge in [0.1, 0.15) is 6.29 Å². The molecule has 0 bridgehead atoms. The van der Waals surface area contributed by atoms with Gasteiger partial charge < -0.3 is 4.79 Å². The molecule has 0 radical (unpaired) electrons. The van der Waals surface area contributed by atoms with Crippen LogP contribution < -0.4 is 0 Å². The molecule has 2 rings (SSSR count). The average Bonchev–Trinajstić information content (AvgIpc) is 2.57. The van der Waals surface area contributed by atoms with Crippen LogP contribution in [0.5, 0.6) is 0 Å². The zero-order chi connectivity index (χ0) is 10.8. The summed E-state index contributed by atoms with van der Waals surface area (Å²) in [7, 11) is 0. The zero-order valence-corrected chi connectivity index (χ0v) is 10.0. The number of hydrogen-bond acceptors (Lipinski definition) is 2. The number of carbonyl (C=O) groups excluding carboxylic acids is 1. The van der Waals surface area contributed by atoms with Crippen molar-refractivity contribution < 1.29 is 4.79 Å². The van der Waals surface area contributed by atoms with Gasteiger partial charge in [-0.3, -0.25) is 0 Å². The summed E-state index contributed by atoms with van der Waals surface area (Å²) in [5, 5.41) is 0.685. The van der Waals surface area contributed by atoms with Crippen LogP contribution in [-0.4, -0.2) is 11.5 Å². The molecule has 0 saturated heterocycles. The molecule has 0 aromatic heterocycles. The summed E-state index contributed by atoms with van der Waals surface area (Å²) < 4.78 is 0. The summed E-state index contributed by atoms with van der Waals surface area (Å²) in [4.78, 5) is 12.0. The van der Waals surface area contributed by atoms with Crippen LogP contribution in [0, 0.1) is 0 Å². The Hall–Kier alpha value is -0.760. The van der Waals surface area contributed by atoms with Crippen molar-refractivity contribution in [1.82, 2.24) is 0 Å². The van der Waals surface area contributed by atoms with Crippen molar-refractivity contribution in [2.75, 3.05) is 0 Å². The summed E-state index contributed by atoms with van der Waals surface area (Å²) in [5.74, 6) is 0.364. The summed E-state index contributed by atoms with van der Waals surface area (Å²) in [6.07, 6.45) is 2.81. The molecule has 2 unspecified atom stereocenters. The van der Waals surface area contributed by atoms with Gasteiger partial charge in [0, 0.05) is 16.6 Å². The van der Waals surface area contributed by atoms with E-state index in [2.05, 4.69) is 32.0 Å². The predicted octanol–water partition coefficient (Wildman–Crippen LogP) is 3.42. The lowest BCUT2D eigenvalue weighted by Gasteiger charge is -2.13. The highest BCUT2D eigenvalue weighted by atomic mass is 32.2. The quantitative estimate of drug-likeness (QED) is 0.726. The van der Waals surface area contributed by atoms with E-state index in [0.29, 0.717) is 17.6 Å². The van der Waals surface area contributed by atoms with E-state index in [1.165, 1.54) is 16.0 Å². The molecule has 80 valence electrons. The lowest BCUT2D eigenvalue weighted by atomic mass is 9.92. The van der Waals surface area contributed by atoms with Gasteiger partial charge in [0.25, 0.3) is 0 Å². The van der Waals surface area contributed by atoms with Crippen molar-refractivity contribution in [3.8, 4) is 0 Å². The van der Waals surface area contributed by atoms with E-state index in [1.807, 2.05) is 11.8 Å². The Morgan fingerprint density at radius 3 is 3.13 bits per heavy atom. The van der Waals surface area contributed by atoms with Crippen LogP contribution in [0.3, 0.4) is 0 Å². The SMILES string of the molecule is CC1Cc2c(cccc2C(C)CC=O)S1. The van der Waals surface area contributed by atoms with Gasteiger partial charge in [-0.25, -0.2) is 0 Å². The van der Waals surface area contributed by atoms with Gasteiger partial charge in [-0.15, -0.1) is 11.8 Å². The normalized spacial score (nSPS) is 21.1. The van der Waals surface area contributed by atoms with Crippen molar-refractivity contribution in [2.24, 2.45) is 0 Å². The highest BCUT2D eigenvalue weighted by molar-refractivity contribution is 8.00. The largest absolute Gasteiger partial charge is 0.303 e. The van der Waals surface area contributed by atoms with Crippen molar-refractivity contribution in [3.63, 3.8) is 0 Å². The van der Waals surface area contributed by atoms with E-state index < -0.39 is 0 Å². The molecule has 0 N–H and O–H groups in total. The average molecular weight is 220 g/mol. The first-order chi connectivity index (χ1) is 7.22. The molecule has 1 aliphatic rings. The van der Waals surface area contributed by atoms with Crippen LogP contribution in [-0.2, 0) is 11.2 Å². The summed E-state index contributed by atoms with van der Waals surface area (Å²) in [5.41, 5.74) is 2.85. The first kappa shape index (κ1) is 10.7. The van der Waals surface area contributed by atoms with E-state index in [4.69, 9.17) is 0 Å². The minimum absolute atomic E-state index is 0.364. The molecule has 1 heterocycles. The monoisotopic (exact) mass is 220 g/mol. The van der Waals surface area contributed by atoms with Crippen LogP contribution in [0.2, 0.25) is 0 Å². The number of rotatable bonds is 3. The highest BCUT2D eigenvalue weighted by Crippen LogP contribution is 2.40. The molecule has 0 amide bonds. The lowest BCUT2D eigenvalue weighted by molar-refractivity contribution is -0.108. The molecule has 2 heteroatoms. The third kappa shape index (κ3) is 2.10. The van der Waals surface area contributed by atoms with E-state index in [1.54, 1.807) is 0 Å². The Morgan fingerprint density at radius 1 is 1.60 bits per heavy atom. The second kappa shape index (κ2) is 4.40. The highest BCUT2D eigenvalue weighted by Gasteiger charge is 2.22.